The molecule has 0 unspecified atom stereocenters. The molecule has 28 heavy (non-hydrogen) atoms. The number of ether oxygens (including phenoxy) is 1. The lowest BCUT2D eigenvalue weighted by atomic mass is 10.2. The average Bonchev–Trinajstić information content (AvgIpc) is 3.52. The summed E-state index contributed by atoms with van der Waals surface area (Å²) in [4.78, 5) is 2.44. The molecule has 1 heterocycles. The third-order valence-corrected chi connectivity index (χ3v) is 5.80. The van der Waals surface area contributed by atoms with E-state index in [-0.39, 0.29) is 0 Å². The van der Waals surface area contributed by atoms with Crippen LogP contribution in [0.4, 0.5) is 0 Å². The molecule has 0 bridgehead atoms. The predicted molar refractivity (Wildman–Crippen MR) is 114 cm³/mol. The molecule has 1 aliphatic rings. The quantitative estimate of drug-likeness (QED) is 0.515. The molecule has 1 saturated carbocycles. The summed E-state index contributed by atoms with van der Waals surface area (Å²) in [7, 11) is 3.65. The molecule has 0 amide bonds. The lowest BCUT2D eigenvalue weighted by Crippen LogP contribution is -2.29. The third kappa shape index (κ3) is 4.14. The molecule has 0 aliphatic heterocycles. The van der Waals surface area contributed by atoms with Gasteiger partial charge in [-0.2, -0.15) is 5.10 Å². The molecule has 1 fully saturated rings. The first kappa shape index (κ1) is 19.2. The van der Waals surface area contributed by atoms with Gasteiger partial charge in [-0.05, 0) is 67.0 Å². The van der Waals surface area contributed by atoms with Crippen molar-refractivity contribution in [3.63, 3.8) is 0 Å². The van der Waals surface area contributed by atoms with E-state index in [0.29, 0.717) is 22.5 Å². The number of halogens is 1. The van der Waals surface area contributed by atoms with Crippen molar-refractivity contribution < 1.29 is 4.74 Å². The summed E-state index contributed by atoms with van der Waals surface area (Å²) >= 11 is 11.7. The molecule has 4 rings (SSSR count). The van der Waals surface area contributed by atoms with E-state index in [4.69, 9.17) is 33.7 Å². The second kappa shape index (κ2) is 8.07. The van der Waals surface area contributed by atoms with Gasteiger partial charge in [0.2, 0.25) is 0 Å². The van der Waals surface area contributed by atoms with Gasteiger partial charge in [-0.25, -0.2) is 4.68 Å². The smallest absolute Gasteiger partial charge is 0.199 e. The minimum absolute atomic E-state index is 0.588. The number of hydrogen-bond donors (Lipinski definition) is 0. The van der Waals surface area contributed by atoms with Crippen molar-refractivity contribution in [3.8, 4) is 17.1 Å². The molecule has 0 radical (unpaired) electrons. The topological polar surface area (TPSA) is 35.2 Å². The minimum Gasteiger partial charge on any atom is -0.497 e. The lowest BCUT2D eigenvalue weighted by molar-refractivity contribution is 0.186. The first-order valence-electron chi connectivity index (χ1n) is 9.32. The Morgan fingerprint density at radius 3 is 2.43 bits per heavy atom. The first-order chi connectivity index (χ1) is 13.5. The lowest BCUT2D eigenvalue weighted by Gasteiger charge is -2.22. The van der Waals surface area contributed by atoms with Gasteiger partial charge in [-0.15, -0.1) is 0 Å². The summed E-state index contributed by atoms with van der Waals surface area (Å²) in [5.41, 5.74) is 2.26. The Morgan fingerprint density at radius 1 is 1.14 bits per heavy atom. The van der Waals surface area contributed by atoms with Crippen molar-refractivity contribution in [1.29, 1.82) is 0 Å². The summed E-state index contributed by atoms with van der Waals surface area (Å²) in [6.07, 6.45) is 2.45. The van der Waals surface area contributed by atoms with Gasteiger partial charge in [0.25, 0.3) is 0 Å². The minimum atomic E-state index is 0.588. The Bertz CT molecular complexity index is 1010. The molecule has 3 aromatic rings. The van der Waals surface area contributed by atoms with Gasteiger partial charge in [0.05, 0.1) is 13.8 Å². The van der Waals surface area contributed by atoms with E-state index in [1.807, 2.05) is 52.7 Å². The van der Waals surface area contributed by atoms with Crippen LogP contribution in [0.5, 0.6) is 5.75 Å². The Morgan fingerprint density at radius 2 is 1.82 bits per heavy atom. The van der Waals surface area contributed by atoms with Gasteiger partial charge in [0.15, 0.2) is 10.6 Å². The second-order valence-corrected chi connectivity index (χ2v) is 7.94. The van der Waals surface area contributed by atoms with Gasteiger partial charge in [0.1, 0.15) is 5.75 Å². The normalized spacial score (nSPS) is 13.9. The second-order valence-electron chi connectivity index (χ2n) is 7.14. The fourth-order valence-electron chi connectivity index (χ4n) is 3.30. The van der Waals surface area contributed by atoms with Crippen molar-refractivity contribution in [1.82, 2.24) is 19.2 Å². The van der Waals surface area contributed by atoms with E-state index in [2.05, 4.69) is 17.0 Å². The molecule has 2 aromatic carbocycles. The molecular formula is C21H23ClN4OS. The van der Waals surface area contributed by atoms with Gasteiger partial charge >= 0.3 is 0 Å². The maximum absolute atomic E-state index is 6.01. The Hall–Kier alpha value is -2.15. The number of rotatable bonds is 7. The zero-order valence-electron chi connectivity index (χ0n) is 16.0. The number of nitrogens with zero attached hydrogens (tertiary/aromatic N) is 4. The predicted octanol–water partition coefficient (Wildman–Crippen LogP) is 4.90. The van der Waals surface area contributed by atoms with Crippen LogP contribution < -0.4 is 4.74 Å². The van der Waals surface area contributed by atoms with Crippen LogP contribution in [0.2, 0.25) is 5.02 Å². The van der Waals surface area contributed by atoms with E-state index >= 15 is 0 Å². The molecular weight excluding hydrogens is 392 g/mol. The Labute approximate surface area is 175 Å². The highest BCUT2D eigenvalue weighted by molar-refractivity contribution is 7.71. The standard InChI is InChI=1S/C21H23ClN4OS/c1-24-20(16-5-7-17(22)8-6-16)23-26(21(24)28)14-25(18-9-10-18)13-15-3-11-19(27-2)12-4-15/h3-8,11-12,18H,9-10,13-14H2,1-2H3. The van der Waals surface area contributed by atoms with Crippen molar-refractivity contribution in [3.05, 3.63) is 63.9 Å². The van der Waals surface area contributed by atoms with Crippen molar-refractivity contribution in [2.45, 2.75) is 32.1 Å². The van der Waals surface area contributed by atoms with Crippen LogP contribution in [-0.4, -0.2) is 32.4 Å². The first-order valence-corrected chi connectivity index (χ1v) is 10.1. The van der Waals surface area contributed by atoms with Crippen LogP contribution >= 0.6 is 23.8 Å². The number of methoxy groups -OCH3 is 1. The third-order valence-electron chi connectivity index (χ3n) is 5.07. The Balaban J connectivity index is 1.56. The maximum atomic E-state index is 6.01. The van der Waals surface area contributed by atoms with Crippen molar-refractivity contribution in [2.24, 2.45) is 7.05 Å². The SMILES string of the molecule is COc1ccc(CN(Cn2nc(-c3ccc(Cl)cc3)n(C)c2=S)C2CC2)cc1. The number of aromatic nitrogens is 3. The molecule has 0 N–H and O–H groups in total. The average molecular weight is 415 g/mol. The zero-order valence-corrected chi connectivity index (χ0v) is 17.6. The van der Waals surface area contributed by atoms with Crippen LogP contribution in [0, 0.1) is 4.77 Å². The van der Waals surface area contributed by atoms with Crippen LogP contribution in [0.3, 0.4) is 0 Å². The van der Waals surface area contributed by atoms with E-state index in [0.717, 1.165) is 23.7 Å². The highest BCUT2D eigenvalue weighted by Crippen LogP contribution is 2.29. The molecule has 1 aliphatic carbocycles. The maximum Gasteiger partial charge on any atom is 0.199 e. The molecule has 146 valence electrons. The molecule has 0 saturated heterocycles. The summed E-state index contributed by atoms with van der Waals surface area (Å²) in [6.45, 7) is 1.54. The van der Waals surface area contributed by atoms with E-state index in [9.17, 15) is 0 Å². The van der Waals surface area contributed by atoms with Gasteiger partial charge in [0, 0.05) is 30.2 Å². The van der Waals surface area contributed by atoms with E-state index in [1.54, 1.807) is 7.11 Å². The Kier molecular flexibility index (Phi) is 5.53. The van der Waals surface area contributed by atoms with Crippen molar-refractivity contribution >= 4 is 23.8 Å². The number of hydrogen-bond acceptors (Lipinski definition) is 4. The summed E-state index contributed by atoms with van der Waals surface area (Å²) < 4.78 is 9.84. The fourth-order valence-corrected chi connectivity index (χ4v) is 3.61. The highest BCUT2D eigenvalue weighted by Gasteiger charge is 2.29. The monoisotopic (exact) mass is 414 g/mol. The van der Waals surface area contributed by atoms with Gasteiger partial charge in [-0.1, -0.05) is 23.7 Å². The fraction of sp³-hybridized carbons (Fsp3) is 0.333. The van der Waals surface area contributed by atoms with Crippen LogP contribution in [-0.2, 0) is 20.3 Å². The van der Waals surface area contributed by atoms with E-state index < -0.39 is 0 Å². The largest absolute Gasteiger partial charge is 0.497 e. The molecule has 7 heteroatoms. The van der Waals surface area contributed by atoms with E-state index in [1.165, 1.54) is 18.4 Å². The summed E-state index contributed by atoms with van der Waals surface area (Å²) in [5.74, 6) is 1.73. The summed E-state index contributed by atoms with van der Waals surface area (Å²) in [6, 6.07) is 16.5. The van der Waals surface area contributed by atoms with Crippen LogP contribution in [0.15, 0.2) is 48.5 Å². The highest BCUT2D eigenvalue weighted by atomic mass is 35.5. The van der Waals surface area contributed by atoms with Gasteiger partial charge < -0.3 is 9.30 Å². The van der Waals surface area contributed by atoms with Crippen molar-refractivity contribution in [2.75, 3.05) is 7.11 Å². The summed E-state index contributed by atoms with van der Waals surface area (Å²) in [5, 5.41) is 5.51. The van der Waals surface area contributed by atoms with Crippen LogP contribution in [0.1, 0.15) is 18.4 Å². The molecule has 0 spiro atoms. The zero-order chi connectivity index (χ0) is 19.7. The van der Waals surface area contributed by atoms with Crippen LogP contribution in [0.25, 0.3) is 11.4 Å². The molecule has 1 aromatic heterocycles. The molecule has 5 nitrogen and oxygen atoms in total. The van der Waals surface area contributed by atoms with Gasteiger partial charge in [-0.3, -0.25) is 4.90 Å². The number of benzene rings is 2. The molecule has 0 atom stereocenters.